The number of fused-ring (bicyclic) bond motifs is 1. The molecule has 6 heteroatoms. The first-order chi connectivity index (χ1) is 12.1. The molecule has 1 aromatic heterocycles. The molecule has 0 saturated carbocycles. The summed E-state index contributed by atoms with van der Waals surface area (Å²) in [5.41, 5.74) is 0.784. The second-order valence-corrected chi connectivity index (χ2v) is 5.47. The monoisotopic (exact) mass is 342 g/mol. The standard InChI is InChI=1S/C19H16F2N2O2/c1-25-11-10-23-18(9-4-13-2-5-14(20)6-3-13)22-17-12-15(21)7-8-16(17)19(23)24/h2-9,12H,10-11H2,1H3/b9-4+. The molecular formula is C19H16F2N2O2. The molecule has 0 bridgehead atoms. The molecule has 0 amide bonds. The van der Waals surface area contributed by atoms with Gasteiger partial charge in [0.1, 0.15) is 17.5 Å². The van der Waals surface area contributed by atoms with E-state index in [0.717, 1.165) is 5.56 Å². The van der Waals surface area contributed by atoms with E-state index >= 15 is 0 Å². The van der Waals surface area contributed by atoms with Crippen LogP contribution in [-0.2, 0) is 11.3 Å². The van der Waals surface area contributed by atoms with E-state index in [0.29, 0.717) is 24.4 Å². The van der Waals surface area contributed by atoms with Crippen LogP contribution in [0.4, 0.5) is 8.78 Å². The molecule has 0 aliphatic rings. The lowest BCUT2D eigenvalue weighted by Crippen LogP contribution is -2.25. The van der Waals surface area contributed by atoms with Gasteiger partial charge < -0.3 is 4.74 Å². The van der Waals surface area contributed by atoms with Crippen LogP contribution in [-0.4, -0.2) is 23.3 Å². The molecule has 25 heavy (non-hydrogen) atoms. The first-order valence-electron chi connectivity index (χ1n) is 7.71. The van der Waals surface area contributed by atoms with Crippen molar-refractivity contribution in [3.8, 4) is 0 Å². The summed E-state index contributed by atoms with van der Waals surface area (Å²) in [6.45, 7) is 0.657. The molecule has 3 aromatic rings. The van der Waals surface area contributed by atoms with Crippen LogP contribution in [0.15, 0.2) is 47.3 Å². The van der Waals surface area contributed by atoms with Crippen molar-refractivity contribution in [1.29, 1.82) is 0 Å². The third-order valence-electron chi connectivity index (χ3n) is 3.76. The molecule has 0 atom stereocenters. The van der Waals surface area contributed by atoms with E-state index in [1.165, 1.54) is 34.9 Å². The maximum Gasteiger partial charge on any atom is 0.261 e. The van der Waals surface area contributed by atoms with Gasteiger partial charge in [-0.3, -0.25) is 9.36 Å². The number of benzene rings is 2. The van der Waals surface area contributed by atoms with E-state index in [2.05, 4.69) is 4.98 Å². The zero-order valence-electron chi connectivity index (χ0n) is 13.6. The molecule has 0 aliphatic heterocycles. The third kappa shape index (κ3) is 3.80. The molecule has 128 valence electrons. The van der Waals surface area contributed by atoms with Crippen LogP contribution in [0.1, 0.15) is 11.4 Å². The van der Waals surface area contributed by atoms with Crippen molar-refractivity contribution in [1.82, 2.24) is 9.55 Å². The number of hydrogen-bond donors (Lipinski definition) is 0. The van der Waals surface area contributed by atoms with Crippen LogP contribution in [0.5, 0.6) is 0 Å². The Morgan fingerprint density at radius 3 is 2.52 bits per heavy atom. The maximum absolute atomic E-state index is 13.5. The fourth-order valence-corrected chi connectivity index (χ4v) is 2.48. The highest BCUT2D eigenvalue weighted by atomic mass is 19.1. The molecule has 0 fully saturated rings. The van der Waals surface area contributed by atoms with E-state index in [1.807, 2.05) is 0 Å². The zero-order chi connectivity index (χ0) is 17.8. The number of hydrogen-bond acceptors (Lipinski definition) is 3. The van der Waals surface area contributed by atoms with Gasteiger partial charge in [0.15, 0.2) is 0 Å². The Morgan fingerprint density at radius 2 is 1.80 bits per heavy atom. The lowest BCUT2D eigenvalue weighted by Gasteiger charge is -2.11. The van der Waals surface area contributed by atoms with Crippen LogP contribution in [0.2, 0.25) is 0 Å². The normalized spacial score (nSPS) is 11.5. The van der Waals surface area contributed by atoms with Gasteiger partial charge in [-0.15, -0.1) is 0 Å². The van der Waals surface area contributed by atoms with Crippen molar-refractivity contribution >= 4 is 23.1 Å². The van der Waals surface area contributed by atoms with Gasteiger partial charge >= 0.3 is 0 Å². The Balaban J connectivity index is 2.10. The van der Waals surface area contributed by atoms with Gasteiger partial charge in [-0.2, -0.15) is 0 Å². The number of nitrogens with zero attached hydrogens (tertiary/aromatic N) is 2. The minimum absolute atomic E-state index is 0.263. The second-order valence-electron chi connectivity index (χ2n) is 5.47. The average Bonchev–Trinajstić information content (AvgIpc) is 2.60. The molecule has 2 aromatic carbocycles. The van der Waals surface area contributed by atoms with Crippen LogP contribution in [0.25, 0.3) is 23.1 Å². The topological polar surface area (TPSA) is 44.1 Å². The van der Waals surface area contributed by atoms with E-state index in [-0.39, 0.29) is 16.9 Å². The first kappa shape index (κ1) is 17.0. The van der Waals surface area contributed by atoms with Crippen molar-refractivity contribution in [2.75, 3.05) is 13.7 Å². The summed E-state index contributed by atoms with van der Waals surface area (Å²) in [7, 11) is 1.54. The van der Waals surface area contributed by atoms with Crippen LogP contribution in [0.3, 0.4) is 0 Å². The van der Waals surface area contributed by atoms with Gasteiger partial charge in [0, 0.05) is 13.2 Å². The number of rotatable bonds is 5. The third-order valence-corrected chi connectivity index (χ3v) is 3.76. The van der Waals surface area contributed by atoms with E-state index in [1.54, 1.807) is 31.4 Å². The summed E-state index contributed by atoms with van der Waals surface area (Å²) in [5, 5.41) is 0.344. The molecule has 0 N–H and O–H groups in total. The van der Waals surface area contributed by atoms with Crippen molar-refractivity contribution in [3.63, 3.8) is 0 Å². The molecule has 0 aliphatic carbocycles. The van der Waals surface area contributed by atoms with Gasteiger partial charge in [0.05, 0.1) is 24.1 Å². The smallest absolute Gasteiger partial charge is 0.261 e. The minimum Gasteiger partial charge on any atom is -0.383 e. The van der Waals surface area contributed by atoms with Gasteiger partial charge in [0.25, 0.3) is 5.56 Å². The lowest BCUT2D eigenvalue weighted by molar-refractivity contribution is 0.186. The molecule has 0 saturated heterocycles. The Kier molecular flexibility index (Phi) is 5.00. The molecule has 4 nitrogen and oxygen atoms in total. The lowest BCUT2D eigenvalue weighted by atomic mass is 10.2. The molecule has 0 spiro atoms. The van der Waals surface area contributed by atoms with Gasteiger partial charge in [-0.25, -0.2) is 13.8 Å². The quantitative estimate of drug-likeness (QED) is 0.713. The number of aromatic nitrogens is 2. The fraction of sp³-hybridized carbons (Fsp3) is 0.158. The minimum atomic E-state index is -0.456. The summed E-state index contributed by atoms with van der Waals surface area (Å²) in [6, 6.07) is 9.82. The van der Waals surface area contributed by atoms with Crippen molar-refractivity contribution < 1.29 is 13.5 Å². The predicted molar refractivity (Wildman–Crippen MR) is 93.2 cm³/mol. The summed E-state index contributed by atoms with van der Waals surface area (Å²) in [4.78, 5) is 17.1. The largest absolute Gasteiger partial charge is 0.383 e. The second kappa shape index (κ2) is 7.36. The summed E-state index contributed by atoms with van der Waals surface area (Å²) in [5.74, 6) is -0.402. The van der Waals surface area contributed by atoms with Gasteiger partial charge in [-0.05, 0) is 35.9 Å². The fourth-order valence-electron chi connectivity index (χ4n) is 2.48. The summed E-state index contributed by atoms with van der Waals surface area (Å²) < 4.78 is 33.0. The van der Waals surface area contributed by atoms with E-state index < -0.39 is 5.82 Å². The number of ether oxygens (including phenoxy) is 1. The Bertz CT molecular complexity index is 979. The highest BCUT2D eigenvalue weighted by molar-refractivity contribution is 5.79. The summed E-state index contributed by atoms with van der Waals surface area (Å²) in [6.07, 6.45) is 3.37. The Hall–Kier alpha value is -2.86. The van der Waals surface area contributed by atoms with E-state index in [4.69, 9.17) is 4.74 Å². The molecule has 1 heterocycles. The Morgan fingerprint density at radius 1 is 1.08 bits per heavy atom. The van der Waals surface area contributed by atoms with Crippen molar-refractivity contribution in [2.24, 2.45) is 0 Å². The molecule has 0 unspecified atom stereocenters. The highest BCUT2D eigenvalue weighted by Crippen LogP contribution is 2.13. The highest BCUT2D eigenvalue weighted by Gasteiger charge is 2.10. The van der Waals surface area contributed by atoms with Crippen molar-refractivity contribution in [2.45, 2.75) is 6.54 Å². The Labute approximate surface area is 143 Å². The van der Waals surface area contributed by atoms with Gasteiger partial charge in [0.2, 0.25) is 0 Å². The SMILES string of the molecule is COCCn1c(/C=C/c2ccc(F)cc2)nc2cc(F)ccc2c1=O. The summed E-state index contributed by atoms with van der Waals surface area (Å²) >= 11 is 0. The van der Waals surface area contributed by atoms with E-state index in [9.17, 15) is 13.6 Å². The van der Waals surface area contributed by atoms with Crippen LogP contribution >= 0.6 is 0 Å². The zero-order valence-corrected chi connectivity index (χ0v) is 13.6. The maximum atomic E-state index is 13.5. The number of methoxy groups -OCH3 is 1. The molecule has 3 rings (SSSR count). The first-order valence-corrected chi connectivity index (χ1v) is 7.71. The average molecular weight is 342 g/mol. The molecule has 0 radical (unpaired) electrons. The van der Waals surface area contributed by atoms with Crippen LogP contribution in [0, 0.1) is 11.6 Å². The predicted octanol–water partition coefficient (Wildman–Crippen LogP) is 3.49. The molecular weight excluding hydrogens is 326 g/mol. The van der Waals surface area contributed by atoms with Crippen molar-refractivity contribution in [3.05, 3.63) is 75.8 Å². The van der Waals surface area contributed by atoms with Gasteiger partial charge in [-0.1, -0.05) is 18.2 Å². The number of halogens is 2. The van der Waals surface area contributed by atoms with Crippen LogP contribution < -0.4 is 5.56 Å².